The van der Waals surface area contributed by atoms with E-state index < -0.39 is 41.7 Å². The summed E-state index contributed by atoms with van der Waals surface area (Å²) in [6, 6.07) is 7.36. The zero-order chi connectivity index (χ0) is 17.6. The summed E-state index contributed by atoms with van der Waals surface area (Å²) in [5.41, 5.74) is -2.39. The first-order valence-electron chi connectivity index (χ1n) is 7.37. The Morgan fingerprint density at radius 3 is 2.25 bits per heavy atom. The van der Waals surface area contributed by atoms with Crippen molar-refractivity contribution in [2.45, 2.75) is 43.0 Å². The quantitative estimate of drug-likeness (QED) is 0.428. The van der Waals surface area contributed by atoms with Crippen LogP contribution in [0.2, 0.25) is 0 Å². The molecule has 0 aliphatic heterocycles. The maximum absolute atomic E-state index is 11.3. The van der Waals surface area contributed by atoms with E-state index in [2.05, 4.69) is 0 Å². The van der Waals surface area contributed by atoms with Gasteiger partial charge in [0.2, 0.25) is 0 Å². The van der Waals surface area contributed by atoms with Gasteiger partial charge in [0, 0.05) is 17.5 Å². The molecule has 3 rings (SSSR count). The standard InChI is InChI=1S/C16H18O8/c1-16(22)14(20)11(18)13(12(19)15(16)21)23-8-4-2-7-3-5-10(17)24-9(7)6-8/h2-6,11-15,18-22H,1H3/t11-,12-,13?,14-,15+,16?/m1/s1. The SMILES string of the molecule is CC1(O)[C@H](O)[C@H](O)C(Oc2ccc3ccc(=O)oc3c2)[C@@H](O)[C@@H]1O. The van der Waals surface area contributed by atoms with Gasteiger partial charge in [-0.25, -0.2) is 4.79 Å². The van der Waals surface area contributed by atoms with Gasteiger partial charge in [0.1, 0.15) is 41.3 Å². The number of fused-ring (bicyclic) bond motifs is 1. The van der Waals surface area contributed by atoms with Crippen LogP contribution in [0.15, 0.2) is 39.5 Å². The Balaban J connectivity index is 1.91. The predicted molar refractivity (Wildman–Crippen MR) is 81.6 cm³/mol. The van der Waals surface area contributed by atoms with E-state index in [1.807, 2.05) is 0 Å². The van der Waals surface area contributed by atoms with Crippen LogP contribution < -0.4 is 10.4 Å². The number of aliphatic hydroxyl groups is 5. The molecule has 1 saturated carbocycles. The van der Waals surface area contributed by atoms with Crippen LogP contribution in [0, 0.1) is 0 Å². The highest BCUT2D eigenvalue weighted by atomic mass is 16.5. The van der Waals surface area contributed by atoms with Crippen LogP contribution in [-0.4, -0.2) is 61.7 Å². The van der Waals surface area contributed by atoms with Crippen LogP contribution in [0.5, 0.6) is 5.75 Å². The Morgan fingerprint density at radius 1 is 1.04 bits per heavy atom. The summed E-state index contributed by atoms with van der Waals surface area (Å²) in [7, 11) is 0. The molecule has 2 aromatic rings. The van der Waals surface area contributed by atoms with Gasteiger partial charge in [-0.1, -0.05) is 0 Å². The van der Waals surface area contributed by atoms with E-state index in [0.717, 1.165) is 6.92 Å². The van der Waals surface area contributed by atoms with Gasteiger partial charge in [-0.3, -0.25) is 0 Å². The van der Waals surface area contributed by atoms with Crippen molar-refractivity contribution < 1.29 is 34.7 Å². The minimum absolute atomic E-state index is 0.154. The zero-order valence-corrected chi connectivity index (χ0v) is 12.7. The van der Waals surface area contributed by atoms with Gasteiger partial charge in [0.05, 0.1) is 0 Å². The van der Waals surface area contributed by atoms with Crippen molar-refractivity contribution in [2.75, 3.05) is 0 Å². The van der Waals surface area contributed by atoms with E-state index in [1.165, 1.54) is 18.2 Å². The van der Waals surface area contributed by atoms with Crippen molar-refractivity contribution in [1.29, 1.82) is 0 Å². The van der Waals surface area contributed by atoms with Gasteiger partial charge < -0.3 is 34.7 Å². The number of benzene rings is 1. The van der Waals surface area contributed by atoms with Gasteiger partial charge in [-0.05, 0) is 25.1 Å². The van der Waals surface area contributed by atoms with E-state index in [0.29, 0.717) is 5.39 Å². The van der Waals surface area contributed by atoms with Crippen molar-refractivity contribution in [1.82, 2.24) is 0 Å². The third-order valence-corrected chi connectivity index (χ3v) is 4.38. The lowest BCUT2D eigenvalue weighted by molar-refractivity contribution is -0.256. The van der Waals surface area contributed by atoms with E-state index in [1.54, 1.807) is 12.1 Å². The third kappa shape index (κ3) is 2.68. The smallest absolute Gasteiger partial charge is 0.336 e. The van der Waals surface area contributed by atoms with Crippen LogP contribution in [0.25, 0.3) is 11.0 Å². The van der Waals surface area contributed by atoms with E-state index in [4.69, 9.17) is 9.15 Å². The summed E-state index contributed by atoms with van der Waals surface area (Å²) in [6.07, 6.45) is -8.12. The summed E-state index contributed by atoms with van der Waals surface area (Å²) in [5, 5.41) is 50.7. The van der Waals surface area contributed by atoms with Crippen LogP contribution in [0.3, 0.4) is 0 Å². The zero-order valence-electron chi connectivity index (χ0n) is 12.7. The highest BCUT2D eigenvalue weighted by Crippen LogP contribution is 2.32. The molecule has 5 N–H and O–H groups in total. The summed E-state index contributed by atoms with van der Waals surface area (Å²) < 4.78 is 10.5. The Kier molecular flexibility index (Phi) is 4.10. The Morgan fingerprint density at radius 2 is 1.62 bits per heavy atom. The van der Waals surface area contributed by atoms with Crippen molar-refractivity contribution in [2.24, 2.45) is 0 Å². The Bertz CT molecular complexity index is 780. The molecule has 0 spiro atoms. The van der Waals surface area contributed by atoms with Crippen molar-refractivity contribution in [3.05, 3.63) is 40.8 Å². The summed E-state index contributed by atoms with van der Waals surface area (Å²) in [4.78, 5) is 11.3. The lowest BCUT2D eigenvalue weighted by Crippen LogP contribution is -2.70. The van der Waals surface area contributed by atoms with Crippen molar-refractivity contribution >= 4 is 11.0 Å². The number of hydrogen-bond acceptors (Lipinski definition) is 8. The van der Waals surface area contributed by atoms with Gasteiger partial charge >= 0.3 is 5.63 Å². The average Bonchev–Trinajstić information content (AvgIpc) is 2.55. The molecular formula is C16H18O8. The van der Waals surface area contributed by atoms with Crippen molar-refractivity contribution in [3.63, 3.8) is 0 Å². The normalized spacial score (nSPS) is 36.7. The fourth-order valence-electron chi connectivity index (χ4n) is 2.84. The lowest BCUT2D eigenvalue weighted by atomic mass is 9.76. The maximum atomic E-state index is 11.3. The molecule has 1 heterocycles. The molecule has 130 valence electrons. The van der Waals surface area contributed by atoms with Crippen LogP contribution >= 0.6 is 0 Å². The molecule has 1 fully saturated rings. The van der Waals surface area contributed by atoms with E-state index in [9.17, 15) is 30.3 Å². The van der Waals surface area contributed by atoms with Gasteiger partial charge in [0.15, 0.2) is 6.10 Å². The molecular weight excluding hydrogens is 320 g/mol. The number of hydrogen-bond donors (Lipinski definition) is 5. The first kappa shape index (κ1) is 16.9. The molecule has 6 atom stereocenters. The second-order valence-electron chi connectivity index (χ2n) is 6.13. The molecule has 1 aromatic heterocycles. The highest BCUT2D eigenvalue weighted by Gasteiger charge is 2.56. The first-order valence-corrected chi connectivity index (χ1v) is 7.37. The van der Waals surface area contributed by atoms with Crippen LogP contribution in [0.1, 0.15) is 6.92 Å². The second kappa shape index (κ2) is 5.83. The molecule has 0 radical (unpaired) electrons. The number of aliphatic hydroxyl groups excluding tert-OH is 4. The fraction of sp³-hybridized carbons (Fsp3) is 0.438. The van der Waals surface area contributed by atoms with Crippen molar-refractivity contribution in [3.8, 4) is 5.75 Å². The largest absolute Gasteiger partial charge is 0.485 e. The molecule has 0 saturated heterocycles. The minimum atomic E-state index is -2.09. The van der Waals surface area contributed by atoms with E-state index >= 15 is 0 Å². The monoisotopic (exact) mass is 338 g/mol. The fourth-order valence-corrected chi connectivity index (χ4v) is 2.84. The predicted octanol–water partition coefficient (Wildman–Crippen LogP) is -1.25. The molecule has 1 aliphatic rings. The molecule has 0 bridgehead atoms. The van der Waals surface area contributed by atoms with Gasteiger partial charge in [0.25, 0.3) is 0 Å². The molecule has 1 aromatic carbocycles. The summed E-state index contributed by atoms with van der Waals surface area (Å²) >= 11 is 0. The first-order chi connectivity index (χ1) is 11.2. The number of rotatable bonds is 2. The molecule has 8 nitrogen and oxygen atoms in total. The Labute approximate surface area is 136 Å². The topological polar surface area (TPSA) is 141 Å². The number of ether oxygens (including phenoxy) is 1. The van der Waals surface area contributed by atoms with E-state index in [-0.39, 0.29) is 11.3 Å². The molecule has 8 heteroatoms. The lowest BCUT2D eigenvalue weighted by Gasteiger charge is -2.47. The third-order valence-electron chi connectivity index (χ3n) is 4.38. The molecule has 24 heavy (non-hydrogen) atoms. The maximum Gasteiger partial charge on any atom is 0.336 e. The highest BCUT2D eigenvalue weighted by molar-refractivity contribution is 5.77. The summed E-state index contributed by atoms with van der Waals surface area (Å²) in [6.45, 7) is 1.11. The molecule has 2 unspecified atom stereocenters. The van der Waals surface area contributed by atoms with Gasteiger partial charge in [-0.15, -0.1) is 0 Å². The van der Waals surface area contributed by atoms with Crippen LogP contribution in [-0.2, 0) is 0 Å². The average molecular weight is 338 g/mol. The Hall–Kier alpha value is -1.97. The second-order valence-corrected chi connectivity index (χ2v) is 6.13. The minimum Gasteiger partial charge on any atom is -0.485 e. The molecule has 1 aliphatic carbocycles. The van der Waals surface area contributed by atoms with Crippen LogP contribution in [0.4, 0.5) is 0 Å². The molecule has 0 amide bonds. The van der Waals surface area contributed by atoms with Gasteiger partial charge in [-0.2, -0.15) is 0 Å². The summed E-state index contributed by atoms with van der Waals surface area (Å²) in [5.74, 6) is 0.154.